The number of morpholine rings is 1. The Labute approximate surface area is 149 Å². The van der Waals surface area contributed by atoms with E-state index in [0.29, 0.717) is 18.2 Å². The van der Waals surface area contributed by atoms with Crippen LogP contribution < -0.4 is 0 Å². The molecule has 0 N–H and O–H groups in total. The zero-order valence-electron chi connectivity index (χ0n) is 15.1. The molecule has 25 heavy (non-hydrogen) atoms. The Kier molecular flexibility index (Phi) is 5.51. The van der Waals surface area contributed by atoms with E-state index in [1.165, 1.54) is 12.7 Å². The summed E-state index contributed by atoms with van der Waals surface area (Å²) in [5.41, 5.74) is 4.09. The average molecular weight is 339 g/mol. The molecule has 3 rings (SSSR count). The van der Waals surface area contributed by atoms with Gasteiger partial charge in [0.15, 0.2) is 0 Å². The molecule has 2 atom stereocenters. The third-order valence-electron chi connectivity index (χ3n) is 4.97. The zero-order chi connectivity index (χ0) is 17.8. The van der Waals surface area contributed by atoms with Crippen LogP contribution in [0.3, 0.4) is 0 Å². The number of methoxy groups -OCH3 is 1. The van der Waals surface area contributed by atoms with Crippen molar-refractivity contribution in [3.8, 4) is 0 Å². The summed E-state index contributed by atoms with van der Waals surface area (Å²) >= 11 is 0. The minimum absolute atomic E-state index is 0.0200. The van der Waals surface area contributed by atoms with Crippen molar-refractivity contribution in [2.45, 2.75) is 26.0 Å². The lowest BCUT2D eigenvalue weighted by molar-refractivity contribution is -0.0434. The topological polar surface area (TPSA) is 38.8 Å². The van der Waals surface area contributed by atoms with Crippen LogP contribution >= 0.6 is 0 Å². The normalized spacial score (nSPS) is 19.4. The van der Waals surface area contributed by atoms with Crippen molar-refractivity contribution in [3.63, 3.8) is 0 Å². The van der Waals surface area contributed by atoms with E-state index in [2.05, 4.69) is 36.1 Å². The van der Waals surface area contributed by atoms with Crippen LogP contribution in [0.4, 0.5) is 0 Å². The van der Waals surface area contributed by atoms with Crippen molar-refractivity contribution in [1.29, 1.82) is 0 Å². The van der Waals surface area contributed by atoms with Crippen LogP contribution in [0.1, 0.15) is 46.1 Å². The summed E-state index contributed by atoms with van der Waals surface area (Å²) in [6.45, 7) is 6.73. The Morgan fingerprint density at radius 2 is 2.00 bits per heavy atom. The Balaban J connectivity index is 1.76. The second kappa shape index (κ2) is 7.81. The van der Waals surface area contributed by atoms with E-state index in [4.69, 9.17) is 9.47 Å². The largest absolute Gasteiger partial charge is 0.465 e. The SMILES string of the molecule is COC(=O)c1ccc([C@H]2CN([C@H](C)c3ccccc3)CCO2)c(C)c1. The average Bonchev–Trinajstić information content (AvgIpc) is 2.67. The summed E-state index contributed by atoms with van der Waals surface area (Å²) < 4.78 is 10.8. The van der Waals surface area contributed by atoms with Crippen LogP contribution in [-0.4, -0.2) is 37.7 Å². The van der Waals surface area contributed by atoms with Gasteiger partial charge in [0.05, 0.1) is 25.4 Å². The standard InChI is InChI=1S/C21H25NO3/c1-15-13-18(21(23)24-3)9-10-19(15)20-14-22(11-12-25-20)16(2)17-7-5-4-6-8-17/h4-10,13,16,20H,11-12,14H2,1-3H3/t16-,20-/m1/s1. The summed E-state index contributed by atoms with van der Waals surface area (Å²) in [7, 11) is 1.40. The summed E-state index contributed by atoms with van der Waals surface area (Å²) in [6, 6.07) is 16.6. The first-order valence-corrected chi connectivity index (χ1v) is 8.69. The minimum atomic E-state index is -0.307. The molecule has 1 saturated heterocycles. The number of carbonyl (C=O) groups is 1. The van der Waals surface area contributed by atoms with Crippen LogP contribution in [0.25, 0.3) is 0 Å². The van der Waals surface area contributed by atoms with Gasteiger partial charge in [0.25, 0.3) is 0 Å². The molecule has 0 saturated carbocycles. The molecule has 1 aliphatic heterocycles. The Morgan fingerprint density at radius 3 is 2.68 bits per heavy atom. The van der Waals surface area contributed by atoms with E-state index in [1.807, 2.05) is 31.2 Å². The first-order valence-electron chi connectivity index (χ1n) is 8.69. The van der Waals surface area contributed by atoms with E-state index in [1.54, 1.807) is 0 Å². The molecule has 0 radical (unpaired) electrons. The second-order valence-corrected chi connectivity index (χ2v) is 6.50. The van der Waals surface area contributed by atoms with Gasteiger partial charge in [-0.2, -0.15) is 0 Å². The molecule has 2 aromatic carbocycles. The molecule has 132 valence electrons. The number of hydrogen-bond donors (Lipinski definition) is 0. The summed E-state index contributed by atoms with van der Waals surface area (Å²) in [5.74, 6) is -0.307. The number of ether oxygens (including phenoxy) is 2. The van der Waals surface area contributed by atoms with E-state index in [-0.39, 0.29) is 12.1 Å². The minimum Gasteiger partial charge on any atom is -0.465 e. The van der Waals surface area contributed by atoms with E-state index in [9.17, 15) is 4.79 Å². The van der Waals surface area contributed by atoms with Crippen molar-refractivity contribution in [1.82, 2.24) is 4.90 Å². The number of hydrogen-bond acceptors (Lipinski definition) is 4. The van der Waals surface area contributed by atoms with Crippen LogP contribution in [0.2, 0.25) is 0 Å². The fraction of sp³-hybridized carbons (Fsp3) is 0.381. The van der Waals surface area contributed by atoms with Crippen molar-refractivity contribution in [2.24, 2.45) is 0 Å². The van der Waals surface area contributed by atoms with Crippen molar-refractivity contribution in [3.05, 3.63) is 70.8 Å². The monoisotopic (exact) mass is 339 g/mol. The predicted octanol–water partition coefficient (Wildman–Crippen LogP) is 3.92. The zero-order valence-corrected chi connectivity index (χ0v) is 15.1. The molecule has 0 spiro atoms. The maximum Gasteiger partial charge on any atom is 0.337 e. The lowest BCUT2D eigenvalue weighted by atomic mass is 9.98. The molecular formula is C21H25NO3. The molecule has 4 nitrogen and oxygen atoms in total. The molecule has 2 aromatic rings. The van der Waals surface area contributed by atoms with E-state index in [0.717, 1.165) is 24.2 Å². The van der Waals surface area contributed by atoms with Gasteiger partial charge in [0.1, 0.15) is 0 Å². The molecule has 0 aliphatic carbocycles. The first-order chi connectivity index (χ1) is 12.1. The summed E-state index contributed by atoms with van der Waals surface area (Å²) in [5, 5.41) is 0. The maximum absolute atomic E-state index is 11.7. The molecule has 1 heterocycles. The van der Waals surface area contributed by atoms with Gasteiger partial charge in [-0.1, -0.05) is 36.4 Å². The van der Waals surface area contributed by atoms with Crippen molar-refractivity contribution >= 4 is 5.97 Å². The highest BCUT2D eigenvalue weighted by molar-refractivity contribution is 5.89. The fourth-order valence-electron chi connectivity index (χ4n) is 3.43. The van der Waals surface area contributed by atoms with Crippen molar-refractivity contribution in [2.75, 3.05) is 26.8 Å². The first kappa shape index (κ1) is 17.6. The molecular weight excluding hydrogens is 314 g/mol. The molecule has 0 aromatic heterocycles. The van der Waals surface area contributed by atoms with Crippen LogP contribution in [0.15, 0.2) is 48.5 Å². The van der Waals surface area contributed by atoms with Gasteiger partial charge in [0.2, 0.25) is 0 Å². The fourth-order valence-corrected chi connectivity index (χ4v) is 3.43. The van der Waals surface area contributed by atoms with Crippen LogP contribution in [0, 0.1) is 6.92 Å². The molecule has 1 aliphatic rings. The Morgan fingerprint density at radius 1 is 1.24 bits per heavy atom. The second-order valence-electron chi connectivity index (χ2n) is 6.50. The predicted molar refractivity (Wildman–Crippen MR) is 97.6 cm³/mol. The Hall–Kier alpha value is -2.17. The third-order valence-corrected chi connectivity index (χ3v) is 4.97. The Bertz CT molecular complexity index is 729. The highest BCUT2D eigenvalue weighted by Crippen LogP contribution is 2.30. The van der Waals surface area contributed by atoms with Gasteiger partial charge >= 0.3 is 5.97 Å². The highest BCUT2D eigenvalue weighted by atomic mass is 16.5. The summed E-state index contributed by atoms with van der Waals surface area (Å²) in [4.78, 5) is 14.1. The van der Waals surface area contributed by atoms with Gasteiger partial charge in [-0.05, 0) is 42.7 Å². The van der Waals surface area contributed by atoms with Gasteiger partial charge < -0.3 is 9.47 Å². The smallest absolute Gasteiger partial charge is 0.337 e. The number of benzene rings is 2. The lowest BCUT2D eigenvalue weighted by Crippen LogP contribution is -2.40. The van der Waals surface area contributed by atoms with Crippen LogP contribution in [0.5, 0.6) is 0 Å². The molecule has 1 fully saturated rings. The van der Waals surface area contributed by atoms with E-state index >= 15 is 0 Å². The molecule has 0 bridgehead atoms. The lowest BCUT2D eigenvalue weighted by Gasteiger charge is -2.37. The van der Waals surface area contributed by atoms with Gasteiger partial charge in [0, 0.05) is 19.1 Å². The number of aryl methyl sites for hydroxylation is 1. The highest BCUT2D eigenvalue weighted by Gasteiger charge is 2.27. The quantitative estimate of drug-likeness (QED) is 0.792. The van der Waals surface area contributed by atoms with E-state index < -0.39 is 0 Å². The summed E-state index contributed by atoms with van der Waals surface area (Å²) in [6.07, 6.45) is 0.0200. The number of carbonyl (C=O) groups excluding carboxylic acids is 1. The van der Waals surface area contributed by atoms with Crippen LogP contribution in [-0.2, 0) is 9.47 Å². The van der Waals surface area contributed by atoms with Crippen molar-refractivity contribution < 1.29 is 14.3 Å². The number of nitrogens with zero attached hydrogens (tertiary/aromatic N) is 1. The van der Waals surface area contributed by atoms with Gasteiger partial charge in [-0.3, -0.25) is 4.90 Å². The molecule has 0 amide bonds. The number of esters is 1. The maximum atomic E-state index is 11.7. The molecule has 4 heteroatoms. The van der Waals surface area contributed by atoms with Gasteiger partial charge in [-0.15, -0.1) is 0 Å². The van der Waals surface area contributed by atoms with Gasteiger partial charge in [-0.25, -0.2) is 4.79 Å². The number of rotatable bonds is 4. The molecule has 0 unspecified atom stereocenters. The third kappa shape index (κ3) is 3.91.